The van der Waals surface area contributed by atoms with Gasteiger partial charge in [-0.3, -0.25) is 4.79 Å². The van der Waals surface area contributed by atoms with E-state index in [9.17, 15) is 9.59 Å². The summed E-state index contributed by atoms with van der Waals surface area (Å²) in [6, 6.07) is 14.4. The summed E-state index contributed by atoms with van der Waals surface area (Å²) in [7, 11) is 1.33. The van der Waals surface area contributed by atoms with Gasteiger partial charge in [-0.05, 0) is 30.3 Å². The third kappa shape index (κ3) is 3.54. The fraction of sp³-hybridized carbons (Fsp3) is 0.100. The van der Waals surface area contributed by atoms with Crippen LogP contribution in [0.25, 0.3) is 21.9 Å². The Labute approximate surface area is 164 Å². The zero-order chi connectivity index (χ0) is 19.5. The molecule has 7 nitrogen and oxygen atoms in total. The predicted molar refractivity (Wildman–Crippen MR) is 109 cm³/mol. The molecule has 0 saturated carbocycles. The first-order chi connectivity index (χ1) is 13.7. The molecule has 140 valence electrons. The minimum atomic E-state index is -0.417. The normalized spacial score (nSPS) is 10.9. The van der Waals surface area contributed by atoms with E-state index in [1.807, 2.05) is 24.3 Å². The van der Waals surface area contributed by atoms with Gasteiger partial charge in [-0.2, -0.15) is 0 Å². The molecule has 0 aliphatic rings. The lowest BCUT2D eigenvalue weighted by Crippen LogP contribution is -2.14. The van der Waals surface area contributed by atoms with Crippen LogP contribution >= 0.6 is 11.8 Å². The van der Waals surface area contributed by atoms with E-state index in [0.717, 1.165) is 27.0 Å². The lowest BCUT2D eigenvalue weighted by atomic mass is 10.2. The summed E-state index contributed by atoms with van der Waals surface area (Å²) < 4.78 is 4.66. The van der Waals surface area contributed by atoms with Crippen molar-refractivity contribution in [3.8, 4) is 0 Å². The molecule has 8 heteroatoms. The van der Waals surface area contributed by atoms with Crippen molar-refractivity contribution in [3.05, 3.63) is 60.4 Å². The quantitative estimate of drug-likeness (QED) is 0.306. The Morgan fingerprint density at radius 2 is 1.89 bits per heavy atom. The van der Waals surface area contributed by atoms with Gasteiger partial charge in [0.05, 0.1) is 23.9 Å². The zero-order valence-corrected chi connectivity index (χ0v) is 15.7. The Morgan fingerprint density at radius 3 is 2.68 bits per heavy atom. The number of amides is 1. The minimum absolute atomic E-state index is 0.168. The molecule has 0 fully saturated rings. The molecule has 2 aromatic heterocycles. The van der Waals surface area contributed by atoms with Crippen LogP contribution < -0.4 is 5.32 Å². The summed E-state index contributed by atoms with van der Waals surface area (Å²) in [6.07, 6.45) is 1.51. The van der Waals surface area contributed by atoms with Crippen LogP contribution in [0.3, 0.4) is 0 Å². The third-order valence-electron chi connectivity index (χ3n) is 4.18. The van der Waals surface area contributed by atoms with Crippen LogP contribution in [-0.2, 0) is 9.53 Å². The molecular formula is C20H16N4O3S. The minimum Gasteiger partial charge on any atom is -0.465 e. The Morgan fingerprint density at radius 1 is 1.11 bits per heavy atom. The van der Waals surface area contributed by atoms with E-state index in [4.69, 9.17) is 0 Å². The summed E-state index contributed by atoms with van der Waals surface area (Å²) in [5, 5.41) is 4.55. The van der Waals surface area contributed by atoms with Crippen LogP contribution in [0.1, 0.15) is 10.4 Å². The highest BCUT2D eigenvalue weighted by Crippen LogP contribution is 2.29. The number of methoxy groups -OCH3 is 1. The van der Waals surface area contributed by atoms with Crippen molar-refractivity contribution < 1.29 is 14.3 Å². The van der Waals surface area contributed by atoms with Gasteiger partial charge in [-0.1, -0.05) is 30.0 Å². The highest BCUT2D eigenvalue weighted by Gasteiger charge is 2.12. The number of benzene rings is 2. The van der Waals surface area contributed by atoms with Gasteiger partial charge in [0.2, 0.25) is 5.91 Å². The number of thioether (sulfide) groups is 1. The van der Waals surface area contributed by atoms with Crippen LogP contribution in [0.2, 0.25) is 0 Å². The average molecular weight is 392 g/mol. The molecule has 0 spiro atoms. The smallest absolute Gasteiger partial charge is 0.337 e. The van der Waals surface area contributed by atoms with E-state index >= 15 is 0 Å². The van der Waals surface area contributed by atoms with E-state index < -0.39 is 5.97 Å². The molecule has 28 heavy (non-hydrogen) atoms. The van der Waals surface area contributed by atoms with Gasteiger partial charge in [0.1, 0.15) is 16.9 Å². The van der Waals surface area contributed by atoms with Crippen LogP contribution in [0.4, 0.5) is 5.69 Å². The van der Waals surface area contributed by atoms with Crippen molar-refractivity contribution in [2.45, 2.75) is 5.03 Å². The Bertz CT molecular complexity index is 1170. The zero-order valence-electron chi connectivity index (χ0n) is 14.9. The monoisotopic (exact) mass is 392 g/mol. The van der Waals surface area contributed by atoms with E-state index in [0.29, 0.717) is 11.3 Å². The molecule has 4 rings (SSSR count). The molecule has 4 aromatic rings. The molecule has 2 aromatic carbocycles. The molecule has 0 aliphatic carbocycles. The number of aromatic nitrogens is 3. The summed E-state index contributed by atoms with van der Waals surface area (Å²) in [6.45, 7) is 0. The summed E-state index contributed by atoms with van der Waals surface area (Å²) >= 11 is 1.34. The lowest BCUT2D eigenvalue weighted by Gasteiger charge is -2.06. The van der Waals surface area contributed by atoms with Crippen LogP contribution in [0.5, 0.6) is 0 Å². The molecule has 0 aliphatic heterocycles. The highest BCUT2D eigenvalue weighted by molar-refractivity contribution is 8.00. The number of rotatable bonds is 5. The maximum absolute atomic E-state index is 12.3. The first kappa shape index (κ1) is 18.0. The van der Waals surface area contributed by atoms with E-state index in [2.05, 4.69) is 25.0 Å². The number of para-hydroxylation sites is 1. The summed E-state index contributed by atoms with van der Waals surface area (Å²) in [5.41, 5.74) is 3.68. The van der Waals surface area contributed by atoms with Crippen molar-refractivity contribution in [2.24, 2.45) is 0 Å². The largest absolute Gasteiger partial charge is 0.465 e. The summed E-state index contributed by atoms with van der Waals surface area (Å²) in [4.78, 5) is 35.7. The van der Waals surface area contributed by atoms with Gasteiger partial charge >= 0.3 is 5.97 Å². The number of ether oxygens (including phenoxy) is 1. The SMILES string of the molecule is COC(=O)c1ccc(NC(=O)CSc2ncnc3c2[nH]c2ccccc23)cc1. The number of nitrogens with zero attached hydrogens (tertiary/aromatic N) is 2. The van der Waals surface area contributed by atoms with E-state index in [-0.39, 0.29) is 11.7 Å². The second-order valence-corrected chi connectivity index (χ2v) is 6.94. The first-order valence-electron chi connectivity index (χ1n) is 8.48. The molecule has 2 heterocycles. The van der Waals surface area contributed by atoms with Gasteiger partial charge in [0.25, 0.3) is 0 Å². The number of fused-ring (bicyclic) bond motifs is 3. The van der Waals surface area contributed by atoms with Gasteiger partial charge < -0.3 is 15.0 Å². The van der Waals surface area contributed by atoms with Crippen molar-refractivity contribution >= 4 is 51.3 Å². The lowest BCUT2D eigenvalue weighted by molar-refractivity contribution is -0.113. The standard InChI is InChI=1S/C20H16N4O3S/c1-27-20(26)12-6-8-13(9-7-12)23-16(25)10-28-19-18-17(21-11-22-19)14-4-2-3-5-15(14)24-18/h2-9,11,24H,10H2,1H3,(H,23,25). The van der Waals surface area contributed by atoms with Crippen molar-refractivity contribution in [3.63, 3.8) is 0 Å². The first-order valence-corrected chi connectivity index (χ1v) is 9.46. The number of hydrogen-bond acceptors (Lipinski definition) is 6. The highest BCUT2D eigenvalue weighted by atomic mass is 32.2. The number of carbonyl (C=O) groups is 2. The second-order valence-electron chi connectivity index (χ2n) is 5.98. The number of anilines is 1. The molecule has 0 atom stereocenters. The van der Waals surface area contributed by atoms with Crippen LogP contribution in [0.15, 0.2) is 59.9 Å². The Hall–Kier alpha value is -3.39. The number of aromatic amines is 1. The van der Waals surface area contributed by atoms with E-state index in [1.54, 1.807) is 24.3 Å². The molecule has 0 bridgehead atoms. The average Bonchev–Trinajstić information content (AvgIpc) is 3.11. The van der Waals surface area contributed by atoms with Gasteiger partial charge in [0, 0.05) is 16.6 Å². The number of hydrogen-bond donors (Lipinski definition) is 2. The Balaban J connectivity index is 1.45. The van der Waals surface area contributed by atoms with E-state index in [1.165, 1.54) is 25.2 Å². The number of esters is 1. The maximum Gasteiger partial charge on any atom is 0.337 e. The maximum atomic E-state index is 12.3. The van der Waals surface area contributed by atoms with Gasteiger partial charge in [0.15, 0.2) is 0 Å². The fourth-order valence-electron chi connectivity index (χ4n) is 2.87. The number of carbonyl (C=O) groups excluding carboxylic acids is 2. The van der Waals surface area contributed by atoms with Crippen molar-refractivity contribution in [2.75, 3.05) is 18.2 Å². The molecule has 0 unspecified atom stereocenters. The third-order valence-corrected chi connectivity index (χ3v) is 5.17. The molecule has 0 saturated heterocycles. The number of H-pyrrole nitrogens is 1. The molecule has 2 N–H and O–H groups in total. The topological polar surface area (TPSA) is 97.0 Å². The second kappa shape index (κ2) is 7.69. The van der Waals surface area contributed by atoms with Gasteiger partial charge in [-0.15, -0.1) is 0 Å². The van der Waals surface area contributed by atoms with Crippen molar-refractivity contribution in [1.29, 1.82) is 0 Å². The Kier molecular flexibility index (Phi) is 4.94. The summed E-state index contributed by atoms with van der Waals surface area (Å²) in [5.74, 6) is -0.390. The van der Waals surface area contributed by atoms with Gasteiger partial charge in [-0.25, -0.2) is 14.8 Å². The van der Waals surface area contributed by atoms with Crippen LogP contribution in [-0.4, -0.2) is 39.7 Å². The molecular weight excluding hydrogens is 376 g/mol. The van der Waals surface area contributed by atoms with Crippen molar-refractivity contribution in [1.82, 2.24) is 15.0 Å². The van der Waals surface area contributed by atoms with Crippen LogP contribution in [0, 0.1) is 0 Å². The number of nitrogens with one attached hydrogen (secondary N) is 2. The molecule has 0 radical (unpaired) electrons. The predicted octanol–water partition coefficient (Wildman–Crippen LogP) is 3.63. The molecule has 1 amide bonds. The fourth-order valence-corrected chi connectivity index (χ4v) is 3.62.